The molecule has 0 aromatic heterocycles. The molecule has 0 atom stereocenters. The Bertz CT molecular complexity index is 1610. The quantitative estimate of drug-likeness (QED) is 0.108. The highest BCUT2D eigenvalue weighted by Gasteiger charge is 2.15. The fourth-order valence-corrected chi connectivity index (χ4v) is 4.52. The molecule has 4 aromatic carbocycles. The molecule has 0 saturated heterocycles. The van der Waals surface area contributed by atoms with Gasteiger partial charge in [-0.3, -0.25) is 9.59 Å². The van der Waals surface area contributed by atoms with Gasteiger partial charge >= 0.3 is 0 Å². The van der Waals surface area contributed by atoms with Crippen LogP contribution in [0.15, 0.2) is 106 Å². The van der Waals surface area contributed by atoms with Gasteiger partial charge in [0.15, 0.2) is 11.5 Å². The summed E-state index contributed by atoms with van der Waals surface area (Å²) >= 11 is 9.76. The third kappa shape index (κ3) is 8.22. The Labute approximate surface area is 257 Å². The van der Waals surface area contributed by atoms with Crippen molar-refractivity contribution in [2.45, 2.75) is 6.61 Å². The van der Waals surface area contributed by atoms with Crippen LogP contribution in [0.3, 0.4) is 0 Å². The average molecular weight is 649 g/mol. The van der Waals surface area contributed by atoms with Gasteiger partial charge in [0.05, 0.1) is 24.9 Å². The second-order valence-corrected chi connectivity index (χ2v) is 10.0. The number of hydrazone groups is 1. The molecule has 0 unspecified atom stereocenters. The van der Waals surface area contributed by atoms with Crippen molar-refractivity contribution in [3.05, 3.63) is 128 Å². The Morgan fingerprint density at radius 2 is 1.62 bits per heavy atom. The van der Waals surface area contributed by atoms with Crippen LogP contribution in [0.1, 0.15) is 27.0 Å². The lowest BCUT2D eigenvalue weighted by Crippen LogP contribution is -2.32. The van der Waals surface area contributed by atoms with Crippen molar-refractivity contribution in [3.63, 3.8) is 0 Å². The van der Waals surface area contributed by atoms with Crippen LogP contribution in [0.5, 0.6) is 17.2 Å². The molecule has 4 rings (SSSR count). The van der Waals surface area contributed by atoms with Gasteiger partial charge in [-0.25, -0.2) is 5.43 Å². The normalized spacial score (nSPS) is 11.2. The zero-order valence-corrected chi connectivity index (χ0v) is 25.1. The predicted octanol–water partition coefficient (Wildman–Crippen LogP) is 6.62. The summed E-state index contributed by atoms with van der Waals surface area (Å²) in [5.74, 6) is 0.567. The summed E-state index contributed by atoms with van der Waals surface area (Å²) < 4.78 is 17.3. The first-order valence-corrected chi connectivity index (χ1v) is 13.8. The Morgan fingerprint density at radius 3 is 2.31 bits per heavy atom. The zero-order valence-electron chi connectivity index (χ0n) is 22.8. The fraction of sp³-hybridized carbons (Fsp3) is 0.0938. The average Bonchev–Trinajstić information content (AvgIpc) is 3.01. The number of carbonyl (C=O) groups is 2. The Kier molecular flexibility index (Phi) is 10.7. The number of carbonyl (C=O) groups excluding carboxylic acids is 2. The molecule has 0 fully saturated rings. The maximum Gasteiger partial charge on any atom is 0.287 e. The lowest BCUT2D eigenvalue weighted by atomic mass is 10.1. The van der Waals surface area contributed by atoms with Gasteiger partial charge < -0.3 is 19.5 Å². The zero-order chi connectivity index (χ0) is 29.9. The van der Waals surface area contributed by atoms with Gasteiger partial charge in [-0.15, -0.1) is 0 Å². The molecular formula is C32H27BrClN3O5. The molecule has 214 valence electrons. The Balaban J connectivity index is 1.50. The Morgan fingerprint density at radius 1 is 0.905 bits per heavy atom. The largest absolute Gasteiger partial charge is 0.497 e. The minimum absolute atomic E-state index is 0.00764. The number of hydrogen-bond donors (Lipinski definition) is 2. The summed E-state index contributed by atoms with van der Waals surface area (Å²) in [7, 11) is 3.09. The summed E-state index contributed by atoms with van der Waals surface area (Å²) in [5, 5.41) is 7.37. The second kappa shape index (κ2) is 14.9. The van der Waals surface area contributed by atoms with Gasteiger partial charge in [0.25, 0.3) is 11.8 Å². The monoisotopic (exact) mass is 647 g/mol. The van der Waals surface area contributed by atoms with Gasteiger partial charge in [-0.2, -0.15) is 5.10 Å². The SMILES string of the molecule is COc1ccc(/C=C(/NC(=O)c2ccccc2)C(=O)N/N=C/c2cc(Br)c(OCc3ccccc3Cl)c(OC)c2)cc1. The molecule has 0 aliphatic heterocycles. The van der Waals surface area contributed by atoms with E-state index in [1.807, 2.05) is 18.2 Å². The third-order valence-electron chi connectivity index (χ3n) is 5.92. The van der Waals surface area contributed by atoms with E-state index in [9.17, 15) is 9.59 Å². The molecule has 0 saturated carbocycles. The van der Waals surface area contributed by atoms with Crippen molar-refractivity contribution in [3.8, 4) is 17.2 Å². The van der Waals surface area contributed by atoms with Crippen LogP contribution < -0.4 is 25.0 Å². The van der Waals surface area contributed by atoms with E-state index in [4.69, 9.17) is 25.8 Å². The number of nitrogens with zero attached hydrogens (tertiary/aromatic N) is 1. The van der Waals surface area contributed by atoms with Crippen LogP contribution in [0.4, 0.5) is 0 Å². The van der Waals surface area contributed by atoms with Crippen LogP contribution in [0, 0.1) is 0 Å². The Hall–Kier alpha value is -4.60. The summed E-state index contributed by atoms with van der Waals surface area (Å²) in [6.45, 7) is 0.246. The smallest absolute Gasteiger partial charge is 0.287 e. The van der Waals surface area contributed by atoms with Crippen molar-refractivity contribution in [1.29, 1.82) is 0 Å². The first-order chi connectivity index (χ1) is 20.4. The van der Waals surface area contributed by atoms with E-state index in [0.717, 1.165) is 5.56 Å². The van der Waals surface area contributed by atoms with Crippen LogP contribution in [0.25, 0.3) is 6.08 Å². The number of ether oxygens (including phenoxy) is 3. The highest BCUT2D eigenvalue weighted by Crippen LogP contribution is 2.37. The molecule has 0 aliphatic rings. The number of benzene rings is 4. The molecule has 0 aliphatic carbocycles. The lowest BCUT2D eigenvalue weighted by Gasteiger charge is -2.14. The van der Waals surface area contributed by atoms with E-state index in [-0.39, 0.29) is 12.3 Å². The second-order valence-electron chi connectivity index (χ2n) is 8.76. The molecule has 0 spiro atoms. The summed E-state index contributed by atoms with van der Waals surface area (Å²) in [6, 6.07) is 26.5. The first kappa shape index (κ1) is 30.4. The predicted molar refractivity (Wildman–Crippen MR) is 167 cm³/mol. The number of hydrogen-bond acceptors (Lipinski definition) is 6. The molecule has 0 radical (unpaired) electrons. The van der Waals surface area contributed by atoms with Gasteiger partial charge in [0, 0.05) is 16.1 Å². The van der Waals surface area contributed by atoms with Crippen LogP contribution >= 0.6 is 27.5 Å². The minimum Gasteiger partial charge on any atom is -0.497 e. The van der Waals surface area contributed by atoms with E-state index in [0.29, 0.717) is 43.4 Å². The molecule has 8 nitrogen and oxygen atoms in total. The van der Waals surface area contributed by atoms with E-state index in [1.165, 1.54) is 13.3 Å². The van der Waals surface area contributed by atoms with Crippen molar-refractivity contribution in [2.75, 3.05) is 14.2 Å². The molecule has 4 aromatic rings. The summed E-state index contributed by atoms with van der Waals surface area (Å²) in [6.07, 6.45) is 3.00. The highest BCUT2D eigenvalue weighted by atomic mass is 79.9. The van der Waals surface area contributed by atoms with E-state index in [1.54, 1.807) is 86.0 Å². The summed E-state index contributed by atoms with van der Waals surface area (Å²) in [4.78, 5) is 25.9. The van der Waals surface area contributed by atoms with Gasteiger partial charge in [0.2, 0.25) is 0 Å². The molecule has 0 bridgehead atoms. The third-order valence-corrected chi connectivity index (χ3v) is 6.87. The van der Waals surface area contributed by atoms with Gasteiger partial charge in [-0.05, 0) is 75.6 Å². The van der Waals surface area contributed by atoms with E-state index in [2.05, 4.69) is 31.8 Å². The number of halogens is 2. The fourth-order valence-electron chi connectivity index (χ4n) is 3.75. The molecule has 0 heterocycles. The number of rotatable bonds is 11. The standard InChI is InChI=1S/C32H27BrClN3O5/c1-40-25-14-12-21(13-15-25)17-28(36-31(38)23-8-4-3-5-9-23)32(39)37-35-19-22-16-26(33)30(29(18-22)41-2)42-20-24-10-6-7-11-27(24)34/h3-19H,20H2,1-2H3,(H,36,38)(H,37,39)/b28-17+,35-19+. The number of nitrogens with one attached hydrogen (secondary N) is 2. The molecule has 2 amide bonds. The van der Waals surface area contributed by atoms with Crippen LogP contribution in [-0.4, -0.2) is 32.2 Å². The number of methoxy groups -OCH3 is 2. The minimum atomic E-state index is -0.614. The number of amides is 2. The van der Waals surface area contributed by atoms with Gasteiger partial charge in [0.1, 0.15) is 18.1 Å². The molecular weight excluding hydrogens is 622 g/mol. The molecule has 2 N–H and O–H groups in total. The maximum atomic E-state index is 13.1. The molecule has 10 heteroatoms. The molecule has 42 heavy (non-hydrogen) atoms. The van der Waals surface area contributed by atoms with Crippen LogP contribution in [0.2, 0.25) is 5.02 Å². The van der Waals surface area contributed by atoms with Crippen LogP contribution in [-0.2, 0) is 11.4 Å². The van der Waals surface area contributed by atoms with E-state index >= 15 is 0 Å². The summed E-state index contributed by atoms with van der Waals surface area (Å²) in [5.41, 5.74) is 5.03. The van der Waals surface area contributed by atoms with Gasteiger partial charge in [-0.1, -0.05) is 60.1 Å². The topological polar surface area (TPSA) is 98.2 Å². The van der Waals surface area contributed by atoms with Crippen molar-refractivity contribution >= 4 is 51.6 Å². The lowest BCUT2D eigenvalue weighted by molar-refractivity contribution is -0.117. The van der Waals surface area contributed by atoms with E-state index < -0.39 is 11.8 Å². The van der Waals surface area contributed by atoms with Crippen molar-refractivity contribution < 1.29 is 23.8 Å². The first-order valence-electron chi connectivity index (χ1n) is 12.7. The van der Waals surface area contributed by atoms with Crippen molar-refractivity contribution in [1.82, 2.24) is 10.7 Å². The highest BCUT2D eigenvalue weighted by molar-refractivity contribution is 9.10. The van der Waals surface area contributed by atoms with Crippen molar-refractivity contribution in [2.24, 2.45) is 5.10 Å². The maximum absolute atomic E-state index is 13.1.